The average molecular weight is 252 g/mol. The third-order valence-corrected chi connectivity index (χ3v) is 2.21. The number of hydrogen-bond donors (Lipinski definition) is 0. The first-order valence-corrected chi connectivity index (χ1v) is 4.98. The van der Waals surface area contributed by atoms with Crippen LogP contribution in [0.25, 0.3) is 0 Å². The lowest BCUT2D eigenvalue weighted by atomic mass is 10.2. The zero-order valence-corrected chi connectivity index (χ0v) is 8.99. The van der Waals surface area contributed by atoms with E-state index in [0.717, 1.165) is 30.3 Å². The summed E-state index contributed by atoms with van der Waals surface area (Å²) in [6, 6.07) is 5.85. The van der Waals surface area contributed by atoms with Gasteiger partial charge in [0.15, 0.2) is 17.9 Å². The molecule has 0 unspecified atom stereocenters. The number of aldehydes is 1. The molecule has 2 nitrogen and oxygen atoms in total. The molecular formula is C13H7F3O2. The minimum atomic E-state index is -0.780. The lowest BCUT2D eigenvalue weighted by Crippen LogP contribution is -1.94. The summed E-state index contributed by atoms with van der Waals surface area (Å²) in [7, 11) is 0. The molecule has 2 aromatic rings. The molecule has 0 atom stereocenters. The number of rotatable bonds is 3. The maximum atomic E-state index is 13.3. The molecule has 0 aliphatic rings. The second-order valence-electron chi connectivity index (χ2n) is 3.48. The number of ether oxygens (including phenoxy) is 1. The highest BCUT2D eigenvalue weighted by molar-refractivity contribution is 5.79. The maximum Gasteiger partial charge on any atom is 0.166 e. The van der Waals surface area contributed by atoms with Gasteiger partial charge in [0.25, 0.3) is 0 Å². The fourth-order valence-corrected chi connectivity index (χ4v) is 1.38. The van der Waals surface area contributed by atoms with Crippen molar-refractivity contribution in [2.75, 3.05) is 0 Å². The molecule has 0 saturated heterocycles. The van der Waals surface area contributed by atoms with Gasteiger partial charge < -0.3 is 4.74 Å². The largest absolute Gasteiger partial charge is 0.453 e. The van der Waals surface area contributed by atoms with Crippen molar-refractivity contribution >= 4 is 6.29 Å². The predicted molar refractivity (Wildman–Crippen MR) is 58.2 cm³/mol. The average Bonchev–Trinajstić information content (AvgIpc) is 2.36. The number of halogens is 3. The fourth-order valence-electron chi connectivity index (χ4n) is 1.38. The van der Waals surface area contributed by atoms with Gasteiger partial charge in [-0.2, -0.15) is 0 Å². The third kappa shape index (κ3) is 2.51. The van der Waals surface area contributed by atoms with Crippen molar-refractivity contribution in [3.05, 3.63) is 59.4 Å². The molecule has 0 N–H and O–H groups in total. The molecule has 0 bridgehead atoms. The van der Waals surface area contributed by atoms with Gasteiger partial charge in [-0.15, -0.1) is 0 Å². The molecule has 0 heterocycles. The van der Waals surface area contributed by atoms with Crippen LogP contribution in [0.1, 0.15) is 10.4 Å². The van der Waals surface area contributed by atoms with E-state index < -0.39 is 17.5 Å². The summed E-state index contributed by atoms with van der Waals surface area (Å²) in [5.74, 6) is -2.50. The second kappa shape index (κ2) is 4.91. The minimum Gasteiger partial charge on any atom is -0.453 e. The molecule has 18 heavy (non-hydrogen) atoms. The van der Waals surface area contributed by atoms with E-state index in [-0.39, 0.29) is 17.1 Å². The summed E-state index contributed by atoms with van der Waals surface area (Å²) in [4.78, 5) is 10.7. The molecule has 0 spiro atoms. The first kappa shape index (κ1) is 12.2. The van der Waals surface area contributed by atoms with E-state index in [2.05, 4.69) is 0 Å². The summed E-state index contributed by atoms with van der Waals surface area (Å²) in [6.07, 6.45) is 0.371. The Morgan fingerprint density at radius 3 is 2.28 bits per heavy atom. The Balaban J connectivity index is 2.39. The SMILES string of the molecule is O=Cc1cc(F)ccc1Oc1cc(F)ccc1F. The van der Waals surface area contributed by atoms with Gasteiger partial charge in [-0.05, 0) is 30.3 Å². The quantitative estimate of drug-likeness (QED) is 0.778. The Hall–Kier alpha value is -2.30. The molecule has 2 aromatic carbocycles. The van der Waals surface area contributed by atoms with Gasteiger partial charge in [0.2, 0.25) is 0 Å². The van der Waals surface area contributed by atoms with Crippen LogP contribution in [0.3, 0.4) is 0 Å². The summed E-state index contributed by atoms with van der Waals surface area (Å²) < 4.78 is 44.2. The van der Waals surface area contributed by atoms with Crippen LogP contribution in [0, 0.1) is 17.5 Å². The highest BCUT2D eigenvalue weighted by atomic mass is 19.1. The molecule has 0 aliphatic heterocycles. The van der Waals surface area contributed by atoms with Gasteiger partial charge in [0.05, 0.1) is 5.56 Å². The molecular weight excluding hydrogens is 245 g/mol. The lowest BCUT2D eigenvalue weighted by Gasteiger charge is -2.08. The first-order chi connectivity index (χ1) is 8.60. The number of benzene rings is 2. The highest BCUT2D eigenvalue weighted by Gasteiger charge is 2.10. The van der Waals surface area contributed by atoms with Crippen molar-refractivity contribution < 1.29 is 22.7 Å². The van der Waals surface area contributed by atoms with Crippen molar-refractivity contribution in [3.63, 3.8) is 0 Å². The van der Waals surface area contributed by atoms with Gasteiger partial charge in [0, 0.05) is 6.07 Å². The molecule has 0 aromatic heterocycles. The van der Waals surface area contributed by atoms with E-state index in [1.807, 2.05) is 0 Å². The normalized spacial score (nSPS) is 10.2. The number of carbonyl (C=O) groups excluding carboxylic acids is 1. The van der Waals surface area contributed by atoms with Gasteiger partial charge in [0.1, 0.15) is 17.4 Å². The van der Waals surface area contributed by atoms with Crippen molar-refractivity contribution in [3.8, 4) is 11.5 Å². The van der Waals surface area contributed by atoms with Crippen LogP contribution < -0.4 is 4.74 Å². The van der Waals surface area contributed by atoms with Crippen LogP contribution >= 0.6 is 0 Å². The summed E-state index contributed by atoms with van der Waals surface area (Å²) >= 11 is 0. The Morgan fingerprint density at radius 1 is 0.889 bits per heavy atom. The van der Waals surface area contributed by atoms with Crippen LogP contribution in [0.2, 0.25) is 0 Å². The summed E-state index contributed by atoms with van der Waals surface area (Å²) in [5, 5.41) is 0. The third-order valence-electron chi connectivity index (χ3n) is 2.21. The zero-order valence-electron chi connectivity index (χ0n) is 8.99. The van der Waals surface area contributed by atoms with Gasteiger partial charge >= 0.3 is 0 Å². The van der Waals surface area contributed by atoms with Crippen LogP contribution in [0.15, 0.2) is 36.4 Å². The Bertz CT molecular complexity index is 597. The Labute approximate surface area is 101 Å². The highest BCUT2D eigenvalue weighted by Crippen LogP contribution is 2.27. The van der Waals surface area contributed by atoms with Crippen LogP contribution in [-0.4, -0.2) is 6.29 Å². The first-order valence-electron chi connectivity index (χ1n) is 4.98. The molecule has 0 aliphatic carbocycles. The van der Waals surface area contributed by atoms with E-state index in [1.165, 1.54) is 6.07 Å². The lowest BCUT2D eigenvalue weighted by molar-refractivity contribution is 0.112. The Morgan fingerprint density at radius 2 is 1.56 bits per heavy atom. The van der Waals surface area contributed by atoms with E-state index in [1.54, 1.807) is 0 Å². The Kier molecular flexibility index (Phi) is 3.32. The van der Waals surface area contributed by atoms with Crippen molar-refractivity contribution in [2.24, 2.45) is 0 Å². The van der Waals surface area contributed by atoms with Crippen molar-refractivity contribution in [1.82, 2.24) is 0 Å². The molecule has 0 amide bonds. The van der Waals surface area contributed by atoms with E-state index in [0.29, 0.717) is 6.29 Å². The van der Waals surface area contributed by atoms with E-state index in [4.69, 9.17) is 4.74 Å². The smallest absolute Gasteiger partial charge is 0.166 e. The molecule has 92 valence electrons. The van der Waals surface area contributed by atoms with Gasteiger partial charge in [-0.1, -0.05) is 0 Å². The van der Waals surface area contributed by atoms with Gasteiger partial charge in [-0.3, -0.25) is 4.79 Å². The second-order valence-corrected chi connectivity index (χ2v) is 3.48. The van der Waals surface area contributed by atoms with Crippen LogP contribution in [0.4, 0.5) is 13.2 Å². The molecule has 0 radical (unpaired) electrons. The molecule has 2 rings (SSSR count). The summed E-state index contributed by atoms with van der Waals surface area (Å²) in [6.45, 7) is 0. The summed E-state index contributed by atoms with van der Waals surface area (Å²) in [5.41, 5.74) is -0.0846. The molecule has 0 fully saturated rings. The zero-order chi connectivity index (χ0) is 13.1. The molecule has 5 heteroatoms. The minimum absolute atomic E-state index is 0.0455. The van der Waals surface area contributed by atoms with Crippen LogP contribution in [0.5, 0.6) is 11.5 Å². The number of carbonyl (C=O) groups is 1. The van der Waals surface area contributed by atoms with Gasteiger partial charge in [-0.25, -0.2) is 13.2 Å². The van der Waals surface area contributed by atoms with E-state index in [9.17, 15) is 18.0 Å². The topological polar surface area (TPSA) is 26.3 Å². The van der Waals surface area contributed by atoms with E-state index >= 15 is 0 Å². The maximum absolute atomic E-state index is 13.3. The standard InChI is InChI=1S/C13H7F3O2/c14-9-2-4-12(8(5-9)7-17)18-13-6-10(15)1-3-11(13)16/h1-7H. The van der Waals surface area contributed by atoms with Crippen LogP contribution in [-0.2, 0) is 0 Å². The monoisotopic (exact) mass is 252 g/mol. The number of hydrogen-bond acceptors (Lipinski definition) is 2. The fraction of sp³-hybridized carbons (Fsp3) is 0. The predicted octanol–water partition coefficient (Wildman–Crippen LogP) is 3.71. The van der Waals surface area contributed by atoms with Crippen molar-refractivity contribution in [1.29, 1.82) is 0 Å². The van der Waals surface area contributed by atoms with Crippen molar-refractivity contribution in [2.45, 2.75) is 0 Å². The molecule has 0 saturated carbocycles.